The van der Waals surface area contributed by atoms with E-state index < -0.39 is 67.6 Å². The molecule has 2 aliphatic rings. The fraction of sp³-hybridized carbons (Fsp3) is 0.619. The molecule has 13 nitrogen and oxygen atoms in total. The maximum absolute atomic E-state index is 13.2. The third-order valence-electron chi connectivity index (χ3n) is 5.31. The molecule has 1 aromatic heterocycles. The van der Waals surface area contributed by atoms with Crippen LogP contribution in [0.25, 0.3) is 0 Å². The van der Waals surface area contributed by atoms with Gasteiger partial charge in [-0.2, -0.15) is 0 Å². The number of aromatic nitrogens is 2. The van der Waals surface area contributed by atoms with Gasteiger partial charge in [0.05, 0.1) is 25.7 Å². The molecule has 0 bridgehead atoms. The van der Waals surface area contributed by atoms with Crippen LogP contribution in [0.4, 0.5) is 0 Å². The predicted octanol–water partition coefficient (Wildman–Crippen LogP) is 0.887. The zero-order valence-corrected chi connectivity index (χ0v) is 20.5. The molecule has 0 saturated carbocycles. The van der Waals surface area contributed by atoms with Crippen LogP contribution in [0.1, 0.15) is 40.3 Å². The van der Waals surface area contributed by atoms with Crippen molar-refractivity contribution in [2.24, 2.45) is 5.41 Å². The summed E-state index contributed by atoms with van der Waals surface area (Å²) in [5, 5.41) is 0. The van der Waals surface area contributed by atoms with Gasteiger partial charge in [-0.25, -0.2) is 9.36 Å². The van der Waals surface area contributed by atoms with Crippen LogP contribution in [0.15, 0.2) is 21.9 Å². The highest BCUT2D eigenvalue weighted by Crippen LogP contribution is 2.60. The molecule has 6 atom stereocenters. The first-order valence-corrected chi connectivity index (χ1v) is 12.2. The Hall–Kier alpha value is -2.75. The molecule has 2 aliphatic heterocycles. The third kappa shape index (κ3) is 6.09. The molecule has 0 spiro atoms. The number of hydrogen-bond donors (Lipinski definition) is 1. The van der Waals surface area contributed by atoms with Crippen LogP contribution in [0.5, 0.6) is 0 Å². The smallest absolute Gasteiger partial charge is 0.463 e. The van der Waals surface area contributed by atoms with E-state index in [-0.39, 0.29) is 19.1 Å². The van der Waals surface area contributed by atoms with Crippen molar-refractivity contribution < 1.29 is 41.9 Å². The normalized spacial score (nSPS) is 30.8. The summed E-state index contributed by atoms with van der Waals surface area (Å²) < 4.78 is 46.6. The van der Waals surface area contributed by atoms with Crippen LogP contribution in [0.2, 0.25) is 0 Å². The number of esters is 2. The van der Waals surface area contributed by atoms with Gasteiger partial charge in [0, 0.05) is 19.2 Å². The number of fused-ring (bicyclic) bond motifs is 1. The number of ether oxygens (including phenoxy) is 3. The summed E-state index contributed by atoms with van der Waals surface area (Å²) in [6.07, 6.45) is 2.27. The zero-order chi connectivity index (χ0) is 26.0. The van der Waals surface area contributed by atoms with Gasteiger partial charge < -0.3 is 14.2 Å². The fourth-order valence-corrected chi connectivity index (χ4v) is 5.28. The topological polar surface area (TPSA) is 161 Å². The van der Waals surface area contributed by atoms with Gasteiger partial charge in [0.1, 0.15) is 23.7 Å². The van der Waals surface area contributed by atoms with Gasteiger partial charge in [-0.15, -0.1) is 6.42 Å². The Bertz CT molecular complexity index is 1170. The van der Waals surface area contributed by atoms with Gasteiger partial charge in [-0.05, 0) is 20.8 Å². The molecule has 192 valence electrons. The number of nitrogens with zero attached hydrogens (tertiary/aromatic N) is 1. The average molecular weight is 514 g/mol. The lowest BCUT2D eigenvalue weighted by Crippen LogP contribution is -2.43. The first-order valence-electron chi connectivity index (χ1n) is 10.8. The second kappa shape index (κ2) is 10.5. The fourth-order valence-electron chi connectivity index (χ4n) is 3.77. The van der Waals surface area contributed by atoms with Crippen molar-refractivity contribution in [2.75, 3.05) is 13.2 Å². The summed E-state index contributed by atoms with van der Waals surface area (Å²) in [6, 6.07) is 1.13. The number of nitrogens with one attached hydrogen (secondary N) is 1. The average Bonchev–Trinajstić information content (AvgIpc) is 3.03. The molecule has 0 aromatic carbocycles. The van der Waals surface area contributed by atoms with E-state index in [2.05, 4.69) is 10.9 Å². The van der Waals surface area contributed by atoms with Crippen LogP contribution >= 0.6 is 7.82 Å². The predicted molar refractivity (Wildman–Crippen MR) is 118 cm³/mol. The Kier molecular flexibility index (Phi) is 8.03. The van der Waals surface area contributed by atoms with Gasteiger partial charge in [-0.3, -0.25) is 37.5 Å². The van der Waals surface area contributed by atoms with Crippen molar-refractivity contribution in [1.82, 2.24) is 9.55 Å². The van der Waals surface area contributed by atoms with Crippen LogP contribution in [0, 0.1) is 17.8 Å². The van der Waals surface area contributed by atoms with E-state index in [9.17, 15) is 23.7 Å². The molecule has 1 aromatic rings. The highest BCUT2D eigenvalue weighted by Gasteiger charge is 2.60. The molecule has 0 aliphatic carbocycles. The lowest BCUT2D eigenvalue weighted by atomic mass is 9.83. The molecular weight excluding hydrogens is 487 g/mol. The number of carbonyl (C=O) groups is 2. The number of hydrogen-bond acceptors (Lipinski definition) is 11. The van der Waals surface area contributed by atoms with Crippen molar-refractivity contribution in [3.63, 3.8) is 0 Å². The third-order valence-corrected chi connectivity index (χ3v) is 6.73. The van der Waals surface area contributed by atoms with E-state index in [0.717, 1.165) is 17.6 Å². The lowest BCUT2D eigenvalue weighted by molar-refractivity contribution is -0.157. The number of carbonyl (C=O) groups excluding carboxylic acids is 2. The Balaban J connectivity index is 1.75. The molecule has 3 rings (SSSR count). The molecule has 35 heavy (non-hydrogen) atoms. The van der Waals surface area contributed by atoms with E-state index in [4.69, 9.17) is 34.2 Å². The first kappa shape index (κ1) is 26.8. The van der Waals surface area contributed by atoms with Crippen molar-refractivity contribution in [1.29, 1.82) is 0 Å². The van der Waals surface area contributed by atoms with E-state index in [1.54, 1.807) is 20.8 Å². The van der Waals surface area contributed by atoms with E-state index in [1.165, 1.54) is 6.20 Å². The number of phosphoric ester groups is 1. The van der Waals surface area contributed by atoms with Gasteiger partial charge >= 0.3 is 25.5 Å². The number of rotatable bonds is 8. The maximum Gasteiger partial charge on any atom is 0.475 e. The highest BCUT2D eigenvalue weighted by molar-refractivity contribution is 7.48. The summed E-state index contributed by atoms with van der Waals surface area (Å²) in [4.78, 5) is 49.3. The summed E-state index contributed by atoms with van der Waals surface area (Å²) in [6.45, 7) is 5.30. The Morgan fingerprint density at radius 3 is 2.69 bits per heavy atom. The van der Waals surface area contributed by atoms with Crippen molar-refractivity contribution in [3.8, 4) is 12.3 Å². The van der Waals surface area contributed by atoms with Gasteiger partial charge in [0.15, 0.2) is 6.23 Å². The monoisotopic (exact) mass is 514 g/mol. The summed E-state index contributed by atoms with van der Waals surface area (Å²) in [7, 11) is -4.25. The number of H-pyrrole nitrogens is 1. The molecule has 3 heterocycles. The second-order valence-electron chi connectivity index (χ2n) is 8.51. The van der Waals surface area contributed by atoms with E-state index >= 15 is 0 Å². The SMILES string of the molecule is C#C[C@]1(C)[C@@H]2O[P@@](=O)(OC[C@H](CC(=O)OC(C)C)OC(C)=O)OC[C@H]2O[C@H]1n1ccc(=O)[nH]c1=O. The lowest BCUT2D eigenvalue weighted by Gasteiger charge is -2.35. The quantitative estimate of drug-likeness (QED) is 0.298. The van der Waals surface area contributed by atoms with Crippen molar-refractivity contribution >= 4 is 19.8 Å². The largest absolute Gasteiger partial charge is 0.475 e. The first-order chi connectivity index (χ1) is 16.4. The summed E-state index contributed by atoms with van der Waals surface area (Å²) in [5.74, 6) is 1.21. The van der Waals surface area contributed by atoms with Crippen molar-refractivity contribution in [2.45, 2.75) is 64.8 Å². The summed E-state index contributed by atoms with van der Waals surface area (Å²) >= 11 is 0. The standard InChI is InChI=1S/C21H27N2O11P/c1-6-21(5)18-15(33-19(21)23-8-7-16(25)22-20(23)27)11-30-35(28,34-18)29-10-14(32-13(4)24)9-17(26)31-12(2)3/h1,7-8,12,14-15,18-19H,9-11H2,2-5H3,(H,22,25,27)/t14-,15+,18+,19+,21+,35-/m0/s1. The zero-order valence-electron chi connectivity index (χ0n) is 19.6. The minimum atomic E-state index is -4.25. The van der Waals surface area contributed by atoms with E-state index in [0.29, 0.717) is 0 Å². The molecule has 2 fully saturated rings. The molecule has 0 unspecified atom stereocenters. The molecule has 0 radical (unpaired) electrons. The molecule has 14 heteroatoms. The molecule has 1 N–H and O–H groups in total. The highest BCUT2D eigenvalue weighted by atomic mass is 31.2. The van der Waals surface area contributed by atoms with Crippen LogP contribution in [-0.2, 0) is 41.9 Å². The molecule has 2 saturated heterocycles. The minimum Gasteiger partial charge on any atom is -0.463 e. The Morgan fingerprint density at radius 1 is 1.37 bits per heavy atom. The van der Waals surface area contributed by atoms with Gasteiger partial charge in [0.2, 0.25) is 0 Å². The van der Waals surface area contributed by atoms with Gasteiger partial charge in [0.25, 0.3) is 5.56 Å². The molecular formula is C21H27N2O11P. The second-order valence-corrected chi connectivity index (χ2v) is 10.1. The van der Waals surface area contributed by atoms with Crippen LogP contribution in [-0.4, -0.2) is 59.1 Å². The van der Waals surface area contributed by atoms with Crippen LogP contribution in [0.3, 0.4) is 0 Å². The van der Waals surface area contributed by atoms with Crippen molar-refractivity contribution in [3.05, 3.63) is 33.1 Å². The minimum absolute atomic E-state index is 0.249. The Morgan fingerprint density at radius 2 is 2.09 bits per heavy atom. The Labute approximate surface area is 200 Å². The number of aromatic amines is 1. The number of phosphoric acid groups is 1. The molecule has 0 amide bonds. The number of terminal acetylenes is 1. The summed E-state index contributed by atoms with van der Waals surface area (Å²) in [5.41, 5.74) is -2.66. The van der Waals surface area contributed by atoms with Crippen LogP contribution < -0.4 is 11.2 Å². The van der Waals surface area contributed by atoms with Gasteiger partial charge in [-0.1, -0.05) is 5.92 Å². The van der Waals surface area contributed by atoms with E-state index in [1.807, 2.05) is 0 Å². The maximum atomic E-state index is 13.2.